The van der Waals surface area contributed by atoms with E-state index in [9.17, 15) is 19.5 Å². The molecule has 142 valence electrons. The summed E-state index contributed by atoms with van der Waals surface area (Å²) < 4.78 is 0. The van der Waals surface area contributed by atoms with Gasteiger partial charge in [-0.05, 0) is 44.1 Å². The molecule has 0 bridgehead atoms. The molecule has 26 heavy (non-hydrogen) atoms. The highest BCUT2D eigenvalue weighted by Crippen LogP contribution is 2.38. The molecule has 0 saturated heterocycles. The van der Waals surface area contributed by atoms with E-state index in [2.05, 4.69) is 5.32 Å². The monoisotopic (exact) mass is 378 g/mol. The number of primary amides is 1. The molecule has 0 spiro atoms. The predicted molar refractivity (Wildman–Crippen MR) is 100 cm³/mol. The van der Waals surface area contributed by atoms with Crippen molar-refractivity contribution in [2.24, 2.45) is 17.6 Å². The zero-order chi connectivity index (χ0) is 18.7. The number of nitrogens with one attached hydrogen (secondary N) is 1. The van der Waals surface area contributed by atoms with Crippen LogP contribution in [0.3, 0.4) is 0 Å². The molecule has 6 nitrogen and oxygen atoms in total. The quantitative estimate of drug-likeness (QED) is 0.746. The highest BCUT2D eigenvalue weighted by molar-refractivity contribution is 7.17. The Morgan fingerprint density at radius 2 is 1.62 bits per heavy atom. The first-order chi connectivity index (χ1) is 12.5. The maximum Gasteiger partial charge on any atom is 0.307 e. The van der Waals surface area contributed by atoms with Crippen molar-refractivity contribution < 1.29 is 19.5 Å². The van der Waals surface area contributed by atoms with Gasteiger partial charge >= 0.3 is 5.97 Å². The fourth-order valence-corrected chi connectivity index (χ4v) is 5.51. The van der Waals surface area contributed by atoms with Gasteiger partial charge in [-0.2, -0.15) is 0 Å². The Balaban J connectivity index is 1.86. The van der Waals surface area contributed by atoms with E-state index in [1.54, 1.807) is 0 Å². The largest absolute Gasteiger partial charge is 0.481 e. The summed E-state index contributed by atoms with van der Waals surface area (Å²) in [6.45, 7) is 0. The second-order valence-corrected chi connectivity index (χ2v) is 8.42. The summed E-state index contributed by atoms with van der Waals surface area (Å²) in [5, 5.41) is 12.8. The first kappa shape index (κ1) is 18.9. The average Bonchev–Trinajstić information content (AvgIpc) is 2.91. The minimum absolute atomic E-state index is 0.297. The molecule has 1 heterocycles. The number of fused-ring (bicyclic) bond motifs is 1. The van der Waals surface area contributed by atoms with Crippen molar-refractivity contribution in [1.29, 1.82) is 0 Å². The van der Waals surface area contributed by atoms with Gasteiger partial charge in [0.05, 0.1) is 17.4 Å². The van der Waals surface area contributed by atoms with E-state index in [1.807, 2.05) is 0 Å². The van der Waals surface area contributed by atoms with Crippen molar-refractivity contribution in [2.75, 3.05) is 5.32 Å². The summed E-state index contributed by atoms with van der Waals surface area (Å²) in [6, 6.07) is 0. The number of aliphatic carboxylic acids is 1. The van der Waals surface area contributed by atoms with Crippen molar-refractivity contribution >= 4 is 34.1 Å². The third-order valence-electron chi connectivity index (χ3n) is 5.57. The van der Waals surface area contributed by atoms with Crippen molar-refractivity contribution in [2.45, 2.75) is 64.2 Å². The van der Waals surface area contributed by atoms with Crippen LogP contribution in [0.2, 0.25) is 0 Å². The van der Waals surface area contributed by atoms with Crippen LogP contribution in [0.1, 0.15) is 72.2 Å². The Kier molecular flexibility index (Phi) is 5.96. The van der Waals surface area contributed by atoms with E-state index < -0.39 is 23.7 Å². The number of anilines is 1. The smallest absolute Gasteiger partial charge is 0.307 e. The van der Waals surface area contributed by atoms with Gasteiger partial charge in [-0.1, -0.05) is 25.7 Å². The first-order valence-corrected chi connectivity index (χ1v) is 10.3. The van der Waals surface area contributed by atoms with E-state index in [-0.39, 0.29) is 5.91 Å². The number of carboxylic acid groups (broad SMARTS) is 1. The third kappa shape index (κ3) is 3.92. The van der Waals surface area contributed by atoms with Crippen molar-refractivity contribution in [1.82, 2.24) is 0 Å². The predicted octanol–water partition coefficient (Wildman–Crippen LogP) is 3.34. The van der Waals surface area contributed by atoms with Crippen LogP contribution < -0.4 is 11.1 Å². The van der Waals surface area contributed by atoms with Crippen LogP contribution in [0.4, 0.5) is 5.00 Å². The summed E-state index contributed by atoms with van der Waals surface area (Å²) in [5.74, 6) is -2.93. The molecule has 0 aliphatic heterocycles. The van der Waals surface area contributed by atoms with Crippen molar-refractivity contribution in [3.8, 4) is 0 Å². The average molecular weight is 378 g/mol. The molecule has 2 aliphatic carbocycles. The fourth-order valence-electron chi connectivity index (χ4n) is 4.21. The number of aryl methyl sites for hydroxylation is 1. The number of hydrogen-bond acceptors (Lipinski definition) is 4. The molecule has 2 aliphatic rings. The van der Waals surface area contributed by atoms with E-state index in [4.69, 9.17) is 5.73 Å². The molecule has 1 fully saturated rings. The number of rotatable bonds is 4. The van der Waals surface area contributed by atoms with Crippen LogP contribution in [0.25, 0.3) is 0 Å². The van der Waals surface area contributed by atoms with E-state index in [0.29, 0.717) is 23.4 Å². The van der Waals surface area contributed by atoms with Crippen LogP contribution >= 0.6 is 11.3 Å². The molecule has 1 aromatic rings. The molecule has 0 unspecified atom stereocenters. The number of carboxylic acids is 1. The Morgan fingerprint density at radius 1 is 0.962 bits per heavy atom. The summed E-state index contributed by atoms with van der Waals surface area (Å²) in [4.78, 5) is 37.5. The van der Waals surface area contributed by atoms with Crippen LogP contribution in [0, 0.1) is 11.8 Å². The fraction of sp³-hybridized carbons (Fsp3) is 0.632. The highest BCUT2D eigenvalue weighted by atomic mass is 32.1. The molecule has 0 radical (unpaired) electrons. The minimum Gasteiger partial charge on any atom is -0.481 e. The standard InChI is InChI=1S/C19H26N2O4S/c20-16(22)15-13-9-3-1-2-4-10-14(13)26-18(15)21-17(23)11-7-5-6-8-12(11)19(24)25/h11-12H,1-10H2,(H2,20,22)(H,21,23)(H,24,25)/t11-,12-/m1/s1. The third-order valence-corrected chi connectivity index (χ3v) is 6.78. The Labute approximate surface area is 157 Å². The first-order valence-electron chi connectivity index (χ1n) is 9.47. The van der Waals surface area contributed by atoms with Crippen LogP contribution in [-0.4, -0.2) is 22.9 Å². The normalized spacial score (nSPS) is 23.4. The summed E-state index contributed by atoms with van der Waals surface area (Å²) in [5.41, 5.74) is 7.04. The SMILES string of the molecule is NC(=O)c1c(NC(=O)[C@@H]2CCCC[C@H]2C(=O)O)sc2c1CCCCCC2. The molecule has 4 N–H and O–H groups in total. The van der Waals surface area contributed by atoms with Gasteiger partial charge in [-0.3, -0.25) is 14.4 Å². The number of nitrogens with two attached hydrogens (primary N) is 1. The topological polar surface area (TPSA) is 109 Å². The van der Waals surface area contributed by atoms with Crippen molar-refractivity contribution in [3.63, 3.8) is 0 Å². The maximum atomic E-state index is 12.8. The molecule has 1 aromatic heterocycles. The van der Waals surface area contributed by atoms with Crippen LogP contribution in [-0.2, 0) is 22.4 Å². The Hall–Kier alpha value is -1.89. The number of amides is 2. The molecule has 2 atom stereocenters. The van der Waals surface area contributed by atoms with E-state index in [0.717, 1.165) is 55.4 Å². The Morgan fingerprint density at radius 3 is 2.27 bits per heavy atom. The Bertz CT molecular complexity index is 713. The summed E-state index contributed by atoms with van der Waals surface area (Å²) in [7, 11) is 0. The van der Waals surface area contributed by atoms with Crippen molar-refractivity contribution in [3.05, 3.63) is 16.0 Å². The van der Waals surface area contributed by atoms with Gasteiger partial charge in [0, 0.05) is 4.88 Å². The van der Waals surface area contributed by atoms with Gasteiger partial charge in [0.25, 0.3) is 5.91 Å². The second kappa shape index (κ2) is 8.20. The lowest BCUT2D eigenvalue weighted by molar-refractivity contribution is -0.147. The van der Waals surface area contributed by atoms with Gasteiger partial charge in [0.15, 0.2) is 0 Å². The molecule has 2 amide bonds. The number of thiophene rings is 1. The molecule has 3 rings (SSSR count). The summed E-state index contributed by atoms with van der Waals surface area (Å²) in [6.07, 6.45) is 8.89. The molecule has 7 heteroatoms. The molecular weight excluding hydrogens is 352 g/mol. The van der Waals surface area contributed by atoms with E-state index >= 15 is 0 Å². The zero-order valence-electron chi connectivity index (χ0n) is 14.9. The van der Waals surface area contributed by atoms with Gasteiger partial charge in [-0.25, -0.2) is 0 Å². The van der Waals surface area contributed by atoms with Gasteiger partial charge < -0.3 is 16.2 Å². The summed E-state index contributed by atoms with van der Waals surface area (Å²) >= 11 is 1.43. The van der Waals surface area contributed by atoms with E-state index in [1.165, 1.54) is 17.8 Å². The molecule has 0 aromatic carbocycles. The van der Waals surface area contributed by atoms with Gasteiger partial charge in [0.1, 0.15) is 5.00 Å². The van der Waals surface area contributed by atoms with Crippen LogP contribution in [0.15, 0.2) is 0 Å². The number of carbonyl (C=O) groups is 3. The maximum absolute atomic E-state index is 12.8. The molecular formula is C19H26N2O4S. The number of hydrogen-bond donors (Lipinski definition) is 3. The molecule has 1 saturated carbocycles. The highest BCUT2D eigenvalue weighted by Gasteiger charge is 2.36. The number of carbonyl (C=O) groups excluding carboxylic acids is 2. The lowest BCUT2D eigenvalue weighted by Crippen LogP contribution is -2.36. The zero-order valence-corrected chi connectivity index (χ0v) is 15.7. The van der Waals surface area contributed by atoms with Gasteiger partial charge in [-0.15, -0.1) is 11.3 Å². The lowest BCUT2D eigenvalue weighted by Gasteiger charge is -2.27. The second-order valence-electron chi connectivity index (χ2n) is 7.31. The lowest BCUT2D eigenvalue weighted by atomic mass is 9.78. The van der Waals surface area contributed by atoms with Crippen LogP contribution in [0.5, 0.6) is 0 Å². The van der Waals surface area contributed by atoms with Gasteiger partial charge in [0.2, 0.25) is 5.91 Å². The minimum atomic E-state index is -0.918.